The molecular weight excluding hydrogens is 355 g/mol. The van der Waals surface area contributed by atoms with Gasteiger partial charge in [0.2, 0.25) is 0 Å². The molecule has 2 aromatic carbocycles. The zero-order chi connectivity index (χ0) is 19.1. The summed E-state index contributed by atoms with van der Waals surface area (Å²) in [4.78, 5) is 17.8. The molecule has 0 aliphatic carbocycles. The zero-order valence-corrected chi connectivity index (χ0v) is 14.4. The van der Waals surface area contributed by atoms with E-state index in [-0.39, 0.29) is 11.6 Å². The van der Waals surface area contributed by atoms with E-state index in [1.54, 1.807) is 0 Å². The Kier molecular flexibility index (Phi) is 4.26. The first-order valence-electron chi connectivity index (χ1n) is 8.78. The van der Waals surface area contributed by atoms with Gasteiger partial charge in [0, 0.05) is 11.1 Å². The van der Waals surface area contributed by atoms with E-state index in [9.17, 15) is 18.0 Å². The van der Waals surface area contributed by atoms with Crippen molar-refractivity contribution >= 4 is 17.3 Å². The number of halogens is 3. The van der Waals surface area contributed by atoms with Crippen LogP contribution < -0.4 is 10.6 Å². The highest BCUT2D eigenvalue weighted by Crippen LogP contribution is 2.37. The second kappa shape index (κ2) is 6.49. The van der Waals surface area contributed by atoms with Crippen LogP contribution in [0.4, 0.5) is 18.9 Å². The van der Waals surface area contributed by atoms with Gasteiger partial charge in [0.15, 0.2) is 0 Å². The van der Waals surface area contributed by atoms with Gasteiger partial charge in [0.05, 0.1) is 17.0 Å². The maximum atomic E-state index is 13.2. The maximum Gasteiger partial charge on any atom is 0.416 e. The molecule has 0 atom stereocenters. The molecule has 1 amide bonds. The van der Waals surface area contributed by atoms with Crippen LogP contribution in [0.2, 0.25) is 0 Å². The van der Waals surface area contributed by atoms with Crippen LogP contribution in [0.3, 0.4) is 0 Å². The number of rotatable bonds is 1. The lowest BCUT2D eigenvalue weighted by Crippen LogP contribution is -2.49. The predicted molar refractivity (Wildman–Crippen MR) is 97.0 cm³/mol. The third kappa shape index (κ3) is 3.23. The average Bonchev–Trinajstić information content (AvgIpc) is 2.77. The lowest BCUT2D eigenvalue weighted by atomic mass is 9.87. The van der Waals surface area contributed by atoms with E-state index in [1.807, 2.05) is 30.3 Å². The average molecular weight is 373 g/mol. The first-order chi connectivity index (χ1) is 12.9. The third-order valence-electron chi connectivity index (χ3n) is 5.08. The number of hydrogen-bond donors (Lipinski definition) is 2. The highest BCUT2D eigenvalue weighted by molar-refractivity contribution is 6.20. The van der Waals surface area contributed by atoms with Gasteiger partial charge in [-0.15, -0.1) is 0 Å². The van der Waals surface area contributed by atoms with Gasteiger partial charge in [-0.05, 0) is 38.1 Å². The van der Waals surface area contributed by atoms with Crippen LogP contribution in [-0.2, 0) is 11.0 Å². The van der Waals surface area contributed by atoms with Gasteiger partial charge in [0.1, 0.15) is 5.54 Å². The summed E-state index contributed by atoms with van der Waals surface area (Å²) in [6.45, 7) is 1.26. The van der Waals surface area contributed by atoms with Gasteiger partial charge < -0.3 is 10.6 Å². The number of nitrogens with one attached hydrogen (secondary N) is 2. The molecule has 1 fully saturated rings. The first kappa shape index (κ1) is 17.7. The van der Waals surface area contributed by atoms with Crippen molar-refractivity contribution in [3.63, 3.8) is 0 Å². The summed E-state index contributed by atoms with van der Waals surface area (Å²) < 4.78 is 39.5. The molecule has 4 nitrogen and oxygen atoms in total. The molecule has 2 heterocycles. The van der Waals surface area contributed by atoms with Gasteiger partial charge >= 0.3 is 6.18 Å². The van der Waals surface area contributed by atoms with E-state index >= 15 is 0 Å². The number of piperidine rings is 1. The van der Waals surface area contributed by atoms with Gasteiger partial charge in [-0.1, -0.05) is 36.4 Å². The lowest BCUT2D eigenvalue weighted by molar-refractivity contribution is -0.137. The Labute approximate surface area is 154 Å². The molecule has 2 aliphatic rings. The Morgan fingerprint density at radius 2 is 1.70 bits per heavy atom. The summed E-state index contributed by atoms with van der Waals surface area (Å²) in [5, 5.41) is 5.92. The molecule has 0 radical (unpaired) electrons. The number of alkyl halides is 3. The van der Waals surface area contributed by atoms with Crippen LogP contribution in [0, 0.1) is 0 Å². The maximum absolute atomic E-state index is 13.2. The number of carbonyl (C=O) groups is 1. The number of fused-ring (bicyclic) bond motifs is 1. The first-order valence-corrected chi connectivity index (χ1v) is 8.78. The number of amides is 1. The topological polar surface area (TPSA) is 53.5 Å². The Hall–Kier alpha value is -2.67. The van der Waals surface area contributed by atoms with Crippen LogP contribution >= 0.6 is 0 Å². The molecule has 2 aliphatic heterocycles. The van der Waals surface area contributed by atoms with Crippen LogP contribution in [0.1, 0.15) is 29.5 Å². The number of nitrogens with zero attached hydrogens (tertiary/aromatic N) is 1. The Balaban J connectivity index is 1.91. The Morgan fingerprint density at radius 1 is 1.00 bits per heavy atom. The predicted octanol–water partition coefficient (Wildman–Crippen LogP) is 3.62. The molecule has 0 saturated carbocycles. The van der Waals surface area contributed by atoms with Crippen molar-refractivity contribution < 1.29 is 18.0 Å². The Morgan fingerprint density at radius 3 is 2.37 bits per heavy atom. The molecular formula is C20H18F3N3O. The minimum Gasteiger partial charge on any atom is -0.323 e. The summed E-state index contributed by atoms with van der Waals surface area (Å²) in [6, 6.07) is 12.7. The van der Waals surface area contributed by atoms with Crippen molar-refractivity contribution in [2.75, 3.05) is 18.4 Å². The van der Waals surface area contributed by atoms with E-state index in [0.717, 1.165) is 17.7 Å². The van der Waals surface area contributed by atoms with Crippen molar-refractivity contribution in [3.05, 3.63) is 65.2 Å². The fourth-order valence-corrected chi connectivity index (χ4v) is 3.59. The van der Waals surface area contributed by atoms with Gasteiger partial charge in [0.25, 0.3) is 5.91 Å². The molecule has 0 aromatic heterocycles. The van der Waals surface area contributed by atoms with Crippen molar-refractivity contribution in [1.82, 2.24) is 5.32 Å². The van der Waals surface area contributed by atoms with Crippen molar-refractivity contribution in [2.24, 2.45) is 4.99 Å². The minimum atomic E-state index is -4.48. The second-order valence-corrected chi connectivity index (χ2v) is 6.82. The molecule has 4 rings (SSSR count). The molecule has 27 heavy (non-hydrogen) atoms. The Bertz CT molecular complexity index is 900. The smallest absolute Gasteiger partial charge is 0.323 e. The number of anilines is 1. The van der Waals surface area contributed by atoms with Gasteiger partial charge in [-0.25, -0.2) is 0 Å². The molecule has 2 N–H and O–H groups in total. The monoisotopic (exact) mass is 373 g/mol. The quantitative estimate of drug-likeness (QED) is 0.802. The van der Waals surface area contributed by atoms with E-state index in [0.29, 0.717) is 37.2 Å². The highest BCUT2D eigenvalue weighted by Gasteiger charge is 2.42. The summed E-state index contributed by atoms with van der Waals surface area (Å²) >= 11 is 0. The van der Waals surface area contributed by atoms with Crippen LogP contribution in [0.25, 0.3) is 0 Å². The van der Waals surface area contributed by atoms with Crippen molar-refractivity contribution in [2.45, 2.75) is 24.6 Å². The largest absolute Gasteiger partial charge is 0.416 e. The molecule has 1 spiro atoms. The molecule has 0 unspecified atom stereocenters. The molecule has 140 valence electrons. The summed E-state index contributed by atoms with van der Waals surface area (Å²) in [5.74, 6) is -0.351. The highest BCUT2D eigenvalue weighted by atomic mass is 19.4. The summed E-state index contributed by atoms with van der Waals surface area (Å²) in [5.41, 5.74) is 0.182. The van der Waals surface area contributed by atoms with Gasteiger partial charge in [-0.2, -0.15) is 13.2 Å². The second-order valence-electron chi connectivity index (χ2n) is 6.82. The standard InChI is InChI=1S/C20H18F3N3O/c21-20(22,23)14-6-7-15-16(12-14)25-18(27)19(8-10-24-11-9-19)26-17(15)13-4-2-1-3-5-13/h1-7,12,24H,8-11H2,(H,25,27). The van der Waals surface area contributed by atoms with Crippen LogP contribution in [0.5, 0.6) is 0 Å². The number of hydrogen-bond acceptors (Lipinski definition) is 3. The van der Waals surface area contributed by atoms with Crippen molar-refractivity contribution in [3.8, 4) is 0 Å². The SMILES string of the molecule is O=C1Nc2cc(C(F)(F)F)ccc2C(c2ccccc2)=NC12CCNCC2. The molecule has 2 aromatic rings. The van der Waals surface area contributed by atoms with Gasteiger partial charge in [-0.3, -0.25) is 9.79 Å². The minimum absolute atomic E-state index is 0.146. The normalized spacial score (nSPS) is 19.1. The van der Waals surface area contributed by atoms with E-state index < -0.39 is 17.3 Å². The van der Waals surface area contributed by atoms with Crippen molar-refractivity contribution in [1.29, 1.82) is 0 Å². The third-order valence-corrected chi connectivity index (χ3v) is 5.08. The summed E-state index contributed by atoms with van der Waals surface area (Å²) in [6.07, 6.45) is -3.49. The van der Waals surface area contributed by atoms with E-state index in [2.05, 4.69) is 10.6 Å². The number of benzene rings is 2. The van der Waals surface area contributed by atoms with E-state index in [1.165, 1.54) is 6.07 Å². The summed E-state index contributed by atoms with van der Waals surface area (Å²) in [7, 11) is 0. The van der Waals surface area contributed by atoms with Crippen LogP contribution in [0.15, 0.2) is 53.5 Å². The number of carbonyl (C=O) groups excluding carboxylic acids is 1. The molecule has 7 heteroatoms. The fourth-order valence-electron chi connectivity index (χ4n) is 3.59. The molecule has 1 saturated heterocycles. The lowest BCUT2D eigenvalue weighted by Gasteiger charge is -2.32. The zero-order valence-electron chi connectivity index (χ0n) is 14.4. The van der Waals surface area contributed by atoms with E-state index in [4.69, 9.17) is 4.99 Å². The van der Waals surface area contributed by atoms with Crippen LogP contribution in [-0.4, -0.2) is 30.2 Å². The molecule has 0 bridgehead atoms. The number of aliphatic imine (C=N–C) groups is 1. The fraction of sp³-hybridized carbons (Fsp3) is 0.300.